The molecule has 2 aromatic carbocycles. The molecule has 0 saturated heterocycles. The summed E-state index contributed by atoms with van der Waals surface area (Å²) in [6.07, 6.45) is 2.99. The topological polar surface area (TPSA) is 55.4 Å². The van der Waals surface area contributed by atoms with E-state index in [0.29, 0.717) is 23.4 Å². The zero-order chi connectivity index (χ0) is 16.7. The Morgan fingerprint density at radius 1 is 1.13 bits per heavy atom. The number of ketones is 1. The molecule has 0 atom stereocenters. The van der Waals surface area contributed by atoms with E-state index in [0.717, 1.165) is 4.47 Å². The minimum atomic E-state index is -0.369. The number of esters is 1. The minimum absolute atomic E-state index is 0.105. The standard InChI is InChI=1S/C18H16BrNO3/c1-2-23-18(22)14-4-3-5-16(12-14)20-11-10-17(21)13-6-8-15(19)9-7-13/h3-12,20H,2H2,1H3. The smallest absolute Gasteiger partial charge is 0.338 e. The van der Waals surface area contributed by atoms with Crippen molar-refractivity contribution in [3.05, 3.63) is 76.4 Å². The van der Waals surface area contributed by atoms with E-state index in [9.17, 15) is 9.59 Å². The van der Waals surface area contributed by atoms with Crippen molar-refractivity contribution in [1.29, 1.82) is 0 Å². The van der Waals surface area contributed by atoms with Crippen LogP contribution in [0.1, 0.15) is 27.6 Å². The average molecular weight is 374 g/mol. The number of hydrogen-bond acceptors (Lipinski definition) is 4. The Labute approximate surface area is 143 Å². The molecule has 0 bridgehead atoms. The molecule has 0 heterocycles. The number of halogens is 1. The number of anilines is 1. The van der Waals surface area contributed by atoms with Gasteiger partial charge in [-0.25, -0.2) is 4.79 Å². The van der Waals surface area contributed by atoms with Gasteiger partial charge in [0, 0.05) is 28.0 Å². The molecule has 0 aliphatic heterocycles. The molecular formula is C18H16BrNO3. The van der Waals surface area contributed by atoms with Gasteiger partial charge in [0.25, 0.3) is 0 Å². The SMILES string of the molecule is CCOC(=O)c1cccc(NC=CC(=O)c2ccc(Br)cc2)c1. The fourth-order valence-corrected chi connectivity index (χ4v) is 2.14. The van der Waals surface area contributed by atoms with Crippen LogP contribution in [0.15, 0.2) is 65.3 Å². The third kappa shape index (κ3) is 5.07. The molecule has 0 amide bonds. The molecule has 118 valence electrons. The van der Waals surface area contributed by atoms with Gasteiger partial charge in [0.2, 0.25) is 0 Å². The van der Waals surface area contributed by atoms with Crippen molar-refractivity contribution < 1.29 is 14.3 Å². The summed E-state index contributed by atoms with van der Waals surface area (Å²) in [7, 11) is 0. The Morgan fingerprint density at radius 3 is 2.57 bits per heavy atom. The largest absolute Gasteiger partial charge is 0.462 e. The molecule has 0 radical (unpaired) electrons. The molecule has 23 heavy (non-hydrogen) atoms. The molecule has 2 aromatic rings. The van der Waals surface area contributed by atoms with Gasteiger partial charge >= 0.3 is 5.97 Å². The number of benzene rings is 2. The normalized spacial score (nSPS) is 10.5. The van der Waals surface area contributed by atoms with Crippen LogP contribution in [0.4, 0.5) is 5.69 Å². The number of hydrogen-bond donors (Lipinski definition) is 1. The van der Waals surface area contributed by atoms with Crippen LogP contribution in [0.5, 0.6) is 0 Å². The van der Waals surface area contributed by atoms with Crippen LogP contribution in [0.25, 0.3) is 0 Å². The van der Waals surface area contributed by atoms with Gasteiger partial charge in [-0.3, -0.25) is 4.79 Å². The maximum atomic E-state index is 12.0. The van der Waals surface area contributed by atoms with E-state index in [4.69, 9.17) is 4.74 Å². The van der Waals surface area contributed by atoms with E-state index >= 15 is 0 Å². The summed E-state index contributed by atoms with van der Waals surface area (Å²) in [4.78, 5) is 23.7. The maximum absolute atomic E-state index is 12.0. The molecule has 0 aromatic heterocycles. The van der Waals surface area contributed by atoms with Gasteiger partial charge in [-0.15, -0.1) is 0 Å². The van der Waals surface area contributed by atoms with Crippen LogP contribution >= 0.6 is 15.9 Å². The third-order valence-corrected chi connectivity index (χ3v) is 3.52. The van der Waals surface area contributed by atoms with Crippen LogP contribution in [-0.2, 0) is 4.74 Å². The molecule has 5 heteroatoms. The highest BCUT2D eigenvalue weighted by atomic mass is 79.9. The van der Waals surface area contributed by atoms with Crippen LogP contribution in [-0.4, -0.2) is 18.4 Å². The summed E-state index contributed by atoms with van der Waals surface area (Å²) < 4.78 is 5.87. The Bertz CT molecular complexity index is 723. The first-order chi connectivity index (χ1) is 11.1. The molecule has 0 unspecified atom stereocenters. The fraction of sp³-hybridized carbons (Fsp3) is 0.111. The molecule has 0 aliphatic rings. The van der Waals surface area contributed by atoms with Crippen molar-refractivity contribution in [2.75, 3.05) is 11.9 Å². The Hall–Kier alpha value is -2.40. The van der Waals surface area contributed by atoms with Gasteiger partial charge in [-0.1, -0.05) is 22.0 Å². The number of carbonyl (C=O) groups excluding carboxylic acids is 2. The molecule has 1 N–H and O–H groups in total. The summed E-state index contributed by atoms with van der Waals surface area (Å²) in [6, 6.07) is 14.0. The summed E-state index contributed by atoms with van der Waals surface area (Å²) in [5.74, 6) is -0.474. The van der Waals surface area contributed by atoms with Crippen molar-refractivity contribution in [2.45, 2.75) is 6.92 Å². The van der Waals surface area contributed by atoms with Crippen LogP contribution in [0, 0.1) is 0 Å². The zero-order valence-corrected chi connectivity index (χ0v) is 14.2. The fourth-order valence-electron chi connectivity index (χ4n) is 1.87. The summed E-state index contributed by atoms with van der Waals surface area (Å²) in [5, 5.41) is 2.98. The van der Waals surface area contributed by atoms with Gasteiger partial charge in [0.15, 0.2) is 5.78 Å². The lowest BCUT2D eigenvalue weighted by atomic mass is 10.1. The van der Waals surface area contributed by atoms with Gasteiger partial charge in [-0.2, -0.15) is 0 Å². The minimum Gasteiger partial charge on any atom is -0.462 e. The first-order valence-corrected chi connectivity index (χ1v) is 7.89. The number of ether oxygens (including phenoxy) is 1. The molecule has 0 fully saturated rings. The zero-order valence-electron chi connectivity index (χ0n) is 12.6. The predicted octanol–water partition coefficient (Wildman–Crippen LogP) is 4.43. The van der Waals surface area contributed by atoms with E-state index < -0.39 is 0 Å². The molecule has 0 aliphatic carbocycles. The van der Waals surface area contributed by atoms with E-state index in [-0.39, 0.29) is 11.8 Å². The third-order valence-electron chi connectivity index (χ3n) is 2.99. The van der Waals surface area contributed by atoms with Crippen LogP contribution in [0.2, 0.25) is 0 Å². The second kappa shape index (κ2) is 8.29. The second-order valence-corrected chi connectivity index (χ2v) is 5.57. The van der Waals surface area contributed by atoms with Crippen molar-refractivity contribution in [3.8, 4) is 0 Å². The van der Waals surface area contributed by atoms with Gasteiger partial charge in [0.05, 0.1) is 12.2 Å². The molecule has 2 rings (SSSR count). The number of nitrogens with one attached hydrogen (secondary N) is 1. The predicted molar refractivity (Wildman–Crippen MR) is 93.6 cm³/mol. The monoisotopic (exact) mass is 373 g/mol. The molecule has 0 spiro atoms. The molecule has 4 nitrogen and oxygen atoms in total. The lowest BCUT2D eigenvalue weighted by Gasteiger charge is -2.04. The van der Waals surface area contributed by atoms with E-state index in [1.54, 1.807) is 49.5 Å². The number of carbonyl (C=O) groups is 2. The first-order valence-electron chi connectivity index (χ1n) is 7.10. The quantitative estimate of drug-likeness (QED) is 0.462. The second-order valence-electron chi connectivity index (χ2n) is 4.65. The summed E-state index contributed by atoms with van der Waals surface area (Å²) >= 11 is 3.33. The summed E-state index contributed by atoms with van der Waals surface area (Å²) in [6.45, 7) is 2.09. The lowest BCUT2D eigenvalue weighted by molar-refractivity contribution is 0.0526. The number of allylic oxidation sites excluding steroid dienone is 1. The summed E-state index contributed by atoms with van der Waals surface area (Å²) in [5.41, 5.74) is 1.77. The Kier molecular flexibility index (Phi) is 6.11. The van der Waals surface area contributed by atoms with Crippen molar-refractivity contribution >= 4 is 33.4 Å². The van der Waals surface area contributed by atoms with Crippen molar-refractivity contribution in [2.24, 2.45) is 0 Å². The average Bonchev–Trinajstić information content (AvgIpc) is 2.56. The maximum Gasteiger partial charge on any atom is 0.338 e. The van der Waals surface area contributed by atoms with E-state index in [1.807, 2.05) is 12.1 Å². The Balaban J connectivity index is 2.00. The first kappa shape index (κ1) is 17.0. The van der Waals surface area contributed by atoms with Crippen LogP contribution < -0.4 is 5.32 Å². The molecular weight excluding hydrogens is 358 g/mol. The highest BCUT2D eigenvalue weighted by molar-refractivity contribution is 9.10. The van der Waals surface area contributed by atoms with E-state index in [2.05, 4.69) is 21.2 Å². The van der Waals surface area contributed by atoms with Crippen LogP contribution in [0.3, 0.4) is 0 Å². The van der Waals surface area contributed by atoms with Gasteiger partial charge in [0.1, 0.15) is 0 Å². The Morgan fingerprint density at radius 2 is 1.87 bits per heavy atom. The van der Waals surface area contributed by atoms with Crippen molar-refractivity contribution in [1.82, 2.24) is 0 Å². The van der Waals surface area contributed by atoms with E-state index in [1.165, 1.54) is 6.08 Å². The highest BCUT2D eigenvalue weighted by Gasteiger charge is 2.06. The number of rotatable bonds is 6. The lowest BCUT2D eigenvalue weighted by Crippen LogP contribution is -2.04. The van der Waals surface area contributed by atoms with Gasteiger partial charge < -0.3 is 10.1 Å². The van der Waals surface area contributed by atoms with Crippen molar-refractivity contribution in [3.63, 3.8) is 0 Å². The van der Waals surface area contributed by atoms with Gasteiger partial charge in [-0.05, 0) is 49.4 Å². The molecule has 0 saturated carbocycles. The highest BCUT2D eigenvalue weighted by Crippen LogP contribution is 2.13.